The number of hydrogen-bond acceptors (Lipinski definition) is 5. The van der Waals surface area contributed by atoms with Crippen LogP contribution in [0.1, 0.15) is 122 Å². The molecule has 0 spiro atoms. The molecule has 0 aromatic heterocycles. The summed E-state index contributed by atoms with van der Waals surface area (Å²) in [6, 6.07) is 4.90. The number of nitrogens with zero attached hydrogens (tertiary/aromatic N) is 1. The molecule has 0 bridgehead atoms. The Balaban J connectivity index is 3.52. The maximum absolute atomic E-state index is 14.3. The molecule has 2 atom stereocenters. The van der Waals surface area contributed by atoms with Crippen molar-refractivity contribution in [3.63, 3.8) is 0 Å². The lowest BCUT2D eigenvalue weighted by Crippen LogP contribution is -2.53. The zero-order valence-electron chi connectivity index (χ0n) is 26.3. The van der Waals surface area contributed by atoms with E-state index < -0.39 is 35.6 Å². The zero-order chi connectivity index (χ0) is 31.5. The summed E-state index contributed by atoms with van der Waals surface area (Å²) in [5.74, 6) is 1.19. The Hall–Kier alpha value is -3.54. The van der Waals surface area contributed by atoms with Gasteiger partial charge in [0, 0.05) is 25.1 Å². The van der Waals surface area contributed by atoms with Crippen LogP contribution >= 0.6 is 0 Å². The first-order chi connectivity index (χ1) is 19.9. The van der Waals surface area contributed by atoms with Crippen LogP contribution in [0.3, 0.4) is 0 Å². The van der Waals surface area contributed by atoms with Gasteiger partial charge in [-0.05, 0) is 51.7 Å². The standard InChI is InChI=1S/C33H52N4O5/c1-7-10-12-13-14-18-24-37(31(40)27(21-22-28(34)38)36-32(41)42-33(4,5)6)29(30(39)35-23-17-11-8-2)26-20-16-15-19-25(26)9-3/h3,15-16,19-20,27,29H,7-8,10-14,17-18,21-24H2,1-2,4-6H3,(H2,34,38)(H,35,39)(H,36,41). The summed E-state index contributed by atoms with van der Waals surface area (Å²) in [6.45, 7) is 10.1. The highest BCUT2D eigenvalue weighted by atomic mass is 16.6. The summed E-state index contributed by atoms with van der Waals surface area (Å²) in [6.07, 6.45) is 13.5. The summed E-state index contributed by atoms with van der Waals surface area (Å²) >= 11 is 0. The maximum atomic E-state index is 14.3. The predicted octanol–water partition coefficient (Wildman–Crippen LogP) is 5.36. The van der Waals surface area contributed by atoms with Crippen LogP contribution in [0.2, 0.25) is 0 Å². The average molecular weight is 585 g/mol. The van der Waals surface area contributed by atoms with Crippen molar-refractivity contribution in [1.82, 2.24) is 15.5 Å². The third-order valence-corrected chi connectivity index (χ3v) is 6.75. The summed E-state index contributed by atoms with van der Waals surface area (Å²) in [5.41, 5.74) is 5.64. The molecule has 0 saturated heterocycles. The number of nitrogens with two attached hydrogens (primary N) is 1. The van der Waals surface area contributed by atoms with Crippen LogP contribution in [0, 0.1) is 12.3 Å². The van der Waals surface area contributed by atoms with Crippen LogP contribution in [0.25, 0.3) is 0 Å². The van der Waals surface area contributed by atoms with Crippen LogP contribution in [0.4, 0.5) is 4.79 Å². The number of carbonyl (C=O) groups excluding carboxylic acids is 4. The lowest BCUT2D eigenvalue weighted by Gasteiger charge is -2.35. The van der Waals surface area contributed by atoms with E-state index in [1.54, 1.807) is 45.0 Å². The SMILES string of the molecule is C#Cc1ccccc1C(C(=O)NCCCCC)N(CCCCCCCC)C(=O)C(CCC(N)=O)NC(=O)OC(C)(C)C. The van der Waals surface area contributed by atoms with Crippen molar-refractivity contribution < 1.29 is 23.9 Å². The van der Waals surface area contributed by atoms with E-state index in [-0.39, 0.29) is 25.3 Å². The number of hydrogen-bond donors (Lipinski definition) is 3. The fourth-order valence-electron chi connectivity index (χ4n) is 4.62. The summed E-state index contributed by atoms with van der Waals surface area (Å²) < 4.78 is 5.40. The van der Waals surface area contributed by atoms with Crippen molar-refractivity contribution >= 4 is 23.8 Å². The summed E-state index contributed by atoms with van der Waals surface area (Å²) in [7, 11) is 0. The van der Waals surface area contributed by atoms with Gasteiger partial charge in [-0.3, -0.25) is 14.4 Å². The topological polar surface area (TPSA) is 131 Å². The van der Waals surface area contributed by atoms with Gasteiger partial charge in [0.05, 0.1) is 0 Å². The maximum Gasteiger partial charge on any atom is 0.408 e. The van der Waals surface area contributed by atoms with Gasteiger partial charge in [0.1, 0.15) is 17.7 Å². The van der Waals surface area contributed by atoms with Gasteiger partial charge in [0.15, 0.2) is 0 Å². The molecule has 0 aliphatic rings. The van der Waals surface area contributed by atoms with Crippen molar-refractivity contribution in [3.05, 3.63) is 35.4 Å². The number of nitrogens with one attached hydrogen (secondary N) is 2. The average Bonchev–Trinajstić information content (AvgIpc) is 2.93. The second kappa shape index (κ2) is 19.6. The lowest BCUT2D eigenvalue weighted by atomic mass is 9.96. The molecular formula is C33H52N4O5. The van der Waals surface area contributed by atoms with E-state index >= 15 is 0 Å². The third kappa shape index (κ3) is 13.9. The number of carbonyl (C=O) groups is 4. The molecule has 234 valence electrons. The fraction of sp³-hybridized carbons (Fsp3) is 0.636. The van der Waals surface area contributed by atoms with Crippen LogP contribution < -0.4 is 16.4 Å². The molecule has 4 amide bonds. The molecular weight excluding hydrogens is 532 g/mol. The monoisotopic (exact) mass is 584 g/mol. The van der Waals surface area contributed by atoms with Gasteiger partial charge in [-0.1, -0.05) is 82.9 Å². The van der Waals surface area contributed by atoms with Crippen molar-refractivity contribution in [3.8, 4) is 12.3 Å². The molecule has 4 N–H and O–H groups in total. The number of alkyl carbamates (subject to hydrolysis) is 1. The van der Waals surface area contributed by atoms with E-state index in [0.29, 0.717) is 24.1 Å². The Morgan fingerprint density at radius 1 is 0.976 bits per heavy atom. The highest BCUT2D eigenvalue weighted by Gasteiger charge is 2.37. The minimum atomic E-state index is -1.14. The molecule has 2 unspecified atom stereocenters. The van der Waals surface area contributed by atoms with Crippen molar-refractivity contribution in [1.29, 1.82) is 0 Å². The molecule has 0 saturated carbocycles. The van der Waals surface area contributed by atoms with Crippen LogP contribution in [-0.2, 0) is 19.1 Å². The smallest absolute Gasteiger partial charge is 0.408 e. The number of unbranched alkanes of at least 4 members (excludes halogenated alkanes) is 7. The molecule has 9 nitrogen and oxygen atoms in total. The number of rotatable bonds is 19. The normalized spacial score (nSPS) is 12.5. The minimum absolute atomic E-state index is 0.0396. The number of terminal acetylenes is 1. The molecule has 9 heteroatoms. The third-order valence-electron chi connectivity index (χ3n) is 6.75. The highest BCUT2D eigenvalue weighted by molar-refractivity contribution is 5.92. The van der Waals surface area contributed by atoms with Gasteiger partial charge >= 0.3 is 6.09 Å². The molecule has 0 fully saturated rings. The van der Waals surface area contributed by atoms with E-state index in [0.717, 1.165) is 51.4 Å². The Morgan fingerprint density at radius 2 is 1.60 bits per heavy atom. The molecule has 0 aliphatic carbocycles. The molecule has 1 aromatic carbocycles. The second-order valence-corrected chi connectivity index (χ2v) is 11.6. The van der Waals surface area contributed by atoms with Crippen molar-refractivity contribution in [2.24, 2.45) is 5.73 Å². The van der Waals surface area contributed by atoms with E-state index in [1.807, 2.05) is 0 Å². The highest BCUT2D eigenvalue weighted by Crippen LogP contribution is 2.27. The van der Waals surface area contributed by atoms with E-state index in [1.165, 1.54) is 4.90 Å². The second-order valence-electron chi connectivity index (χ2n) is 11.6. The van der Waals surface area contributed by atoms with Crippen LogP contribution in [-0.4, -0.2) is 53.4 Å². The van der Waals surface area contributed by atoms with Crippen LogP contribution in [0.5, 0.6) is 0 Å². The molecule has 42 heavy (non-hydrogen) atoms. The largest absolute Gasteiger partial charge is 0.444 e. The van der Waals surface area contributed by atoms with E-state index in [9.17, 15) is 19.2 Å². The zero-order valence-corrected chi connectivity index (χ0v) is 26.3. The quantitative estimate of drug-likeness (QED) is 0.149. The molecule has 0 radical (unpaired) electrons. The van der Waals surface area contributed by atoms with Crippen molar-refractivity contribution in [2.45, 2.75) is 123 Å². The first kappa shape index (κ1) is 36.5. The predicted molar refractivity (Wildman–Crippen MR) is 166 cm³/mol. The van der Waals surface area contributed by atoms with Crippen molar-refractivity contribution in [2.75, 3.05) is 13.1 Å². The summed E-state index contributed by atoms with van der Waals surface area (Å²) in [5, 5.41) is 5.62. The Labute approximate surface area is 252 Å². The van der Waals surface area contributed by atoms with Gasteiger partial charge in [0.2, 0.25) is 17.7 Å². The van der Waals surface area contributed by atoms with Gasteiger partial charge in [-0.2, -0.15) is 0 Å². The lowest BCUT2D eigenvalue weighted by molar-refractivity contribution is -0.142. The molecule has 1 aromatic rings. The van der Waals surface area contributed by atoms with Gasteiger partial charge in [-0.15, -0.1) is 6.42 Å². The number of amides is 4. The van der Waals surface area contributed by atoms with E-state index in [2.05, 4.69) is 30.4 Å². The molecule has 0 heterocycles. The number of benzene rings is 1. The Kier molecular flexibility index (Phi) is 17.0. The molecule has 0 aliphatic heterocycles. The van der Waals surface area contributed by atoms with Crippen LogP contribution in [0.15, 0.2) is 24.3 Å². The van der Waals surface area contributed by atoms with Gasteiger partial charge < -0.3 is 26.0 Å². The number of ether oxygens (including phenoxy) is 1. The molecule has 1 rings (SSSR count). The Morgan fingerprint density at radius 3 is 2.21 bits per heavy atom. The minimum Gasteiger partial charge on any atom is -0.444 e. The van der Waals surface area contributed by atoms with E-state index in [4.69, 9.17) is 16.9 Å². The summed E-state index contributed by atoms with van der Waals surface area (Å²) in [4.78, 5) is 54.1. The number of primary amides is 1. The first-order valence-corrected chi connectivity index (χ1v) is 15.4. The first-order valence-electron chi connectivity index (χ1n) is 15.4. The Bertz CT molecular complexity index is 1040. The fourth-order valence-corrected chi connectivity index (χ4v) is 4.62. The van der Waals surface area contributed by atoms with Gasteiger partial charge in [0.25, 0.3) is 0 Å². The van der Waals surface area contributed by atoms with Gasteiger partial charge in [-0.25, -0.2) is 4.79 Å².